The molecule has 2 heterocycles. The molecule has 0 saturated carbocycles. The fourth-order valence-electron chi connectivity index (χ4n) is 3.45. The second-order valence-corrected chi connectivity index (χ2v) is 6.74. The number of ether oxygens (including phenoxy) is 1. The molecule has 0 aliphatic carbocycles. The summed E-state index contributed by atoms with van der Waals surface area (Å²) in [4.78, 5) is 4.20. The maximum absolute atomic E-state index is 6.21. The fourth-order valence-corrected chi connectivity index (χ4v) is 3.45. The quantitative estimate of drug-likeness (QED) is 0.906. The lowest BCUT2D eigenvalue weighted by molar-refractivity contribution is -0.0774. The van der Waals surface area contributed by atoms with Crippen molar-refractivity contribution < 1.29 is 4.74 Å². The first-order valence-electron chi connectivity index (χ1n) is 7.10. The summed E-state index contributed by atoms with van der Waals surface area (Å²) in [5.41, 5.74) is 1.17. The normalized spacial score (nSPS) is 26.3. The van der Waals surface area contributed by atoms with Crippen molar-refractivity contribution in [1.29, 1.82) is 0 Å². The van der Waals surface area contributed by atoms with Crippen LogP contribution in [-0.4, -0.2) is 29.3 Å². The van der Waals surface area contributed by atoms with Crippen LogP contribution in [0.25, 0.3) is 0 Å². The van der Waals surface area contributed by atoms with Crippen molar-refractivity contribution >= 4 is 0 Å². The molecule has 0 spiro atoms. The highest BCUT2D eigenvalue weighted by Crippen LogP contribution is 2.44. The molecule has 106 valence electrons. The van der Waals surface area contributed by atoms with Crippen molar-refractivity contribution in [3.05, 3.63) is 30.1 Å². The van der Waals surface area contributed by atoms with Crippen molar-refractivity contribution in [1.82, 2.24) is 10.3 Å². The van der Waals surface area contributed by atoms with Gasteiger partial charge < -0.3 is 10.1 Å². The molecule has 1 aliphatic heterocycles. The molecule has 1 fully saturated rings. The van der Waals surface area contributed by atoms with Gasteiger partial charge in [-0.2, -0.15) is 0 Å². The minimum absolute atomic E-state index is 0.0296. The van der Waals surface area contributed by atoms with Crippen molar-refractivity contribution in [2.24, 2.45) is 5.92 Å². The lowest BCUT2D eigenvalue weighted by Gasteiger charge is -2.33. The smallest absolute Gasteiger partial charge is 0.0677 e. The monoisotopic (exact) mass is 262 g/mol. The topological polar surface area (TPSA) is 34.2 Å². The third-order valence-corrected chi connectivity index (χ3v) is 4.18. The van der Waals surface area contributed by atoms with Crippen molar-refractivity contribution in [3.63, 3.8) is 0 Å². The molecule has 2 rings (SSSR count). The molecule has 0 aromatic carbocycles. The average Bonchev–Trinajstić information content (AvgIpc) is 2.55. The largest absolute Gasteiger partial charge is 0.369 e. The van der Waals surface area contributed by atoms with Crippen molar-refractivity contribution in [2.75, 3.05) is 7.05 Å². The number of aromatic nitrogens is 1. The lowest BCUT2D eigenvalue weighted by atomic mass is 9.79. The van der Waals surface area contributed by atoms with Gasteiger partial charge in [-0.15, -0.1) is 0 Å². The van der Waals surface area contributed by atoms with Gasteiger partial charge in [0.1, 0.15) is 0 Å². The molecule has 1 saturated heterocycles. The summed E-state index contributed by atoms with van der Waals surface area (Å²) in [6.45, 7) is 8.79. The summed E-state index contributed by atoms with van der Waals surface area (Å²) in [6, 6.07) is 4.56. The molecule has 0 amide bonds. The zero-order valence-corrected chi connectivity index (χ0v) is 12.7. The van der Waals surface area contributed by atoms with E-state index in [-0.39, 0.29) is 11.2 Å². The molecule has 1 aromatic heterocycles. The van der Waals surface area contributed by atoms with Crippen LogP contribution in [0.4, 0.5) is 0 Å². The van der Waals surface area contributed by atoms with E-state index in [2.05, 4.69) is 44.1 Å². The molecule has 1 aromatic rings. The predicted molar refractivity (Wildman–Crippen MR) is 78.1 cm³/mol. The van der Waals surface area contributed by atoms with Gasteiger partial charge in [0.25, 0.3) is 0 Å². The Morgan fingerprint density at radius 1 is 1.42 bits per heavy atom. The number of likely N-dealkylation sites (N-methyl/N-ethyl adjacent to an activating group) is 1. The van der Waals surface area contributed by atoms with Gasteiger partial charge in [-0.05, 0) is 59.2 Å². The minimum Gasteiger partial charge on any atom is -0.369 e. The predicted octanol–water partition coefficient (Wildman–Crippen LogP) is 2.81. The molecule has 19 heavy (non-hydrogen) atoms. The first kappa shape index (κ1) is 14.5. The van der Waals surface area contributed by atoms with Crippen LogP contribution < -0.4 is 5.32 Å². The Kier molecular flexibility index (Phi) is 3.98. The van der Waals surface area contributed by atoms with Gasteiger partial charge in [0.05, 0.1) is 11.2 Å². The van der Waals surface area contributed by atoms with Crippen molar-refractivity contribution in [2.45, 2.75) is 57.8 Å². The van der Waals surface area contributed by atoms with Crippen LogP contribution in [0.15, 0.2) is 24.5 Å². The number of pyridine rings is 1. The Hall–Kier alpha value is -0.930. The van der Waals surface area contributed by atoms with E-state index >= 15 is 0 Å². The van der Waals surface area contributed by atoms with E-state index in [1.165, 1.54) is 5.56 Å². The highest BCUT2D eigenvalue weighted by atomic mass is 16.5. The average molecular weight is 262 g/mol. The maximum Gasteiger partial charge on any atom is 0.0677 e. The molecular weight excluding hydrogens is 236 g/mol. The van der Waals surface area contributed by atoms with Gasteiger partial charge in [0.2, 0.25) is 0 Å². The van der Waals surface area contributed by atoms with Gasteiger partial charge in [-0.25, -0.2) is 0 Å². The molecule has 1 aliphatic rings. The van der Waals surface area contributed by atoms with Crippen LogP contribution >= 0.6 is 0 Å². The van der Waals surface area contributed by atoms with Crippen molar-refractivity contribution in [3.8, 4) is 0 Å². The highest BCUT2D eigenvalue weighted by Gasteiger charge is 2.48. The fraction of sp³-hybridized carbons (Fsp3) is 0.688. The van der Waals surface area contributed by atoms with Crippen LogP contribution in [0.3, 0.4) is 0 Å². The zero-order chi connectivity index (χ0) is 14.1. The number of rotatable bonds is 4. The molecule has 3 nitrogen and oxygen atoms in total. The van der Waals surface area contributed by atoms with Crippen LogP contribution in [0.2, 0.25) is 0 Å². The standard InChI is InChI=1S/C16H26N2O/c1-15(2)10-13(16(3,4)19-15)14(17-5)9-12-7-6-8-18-11-12/h6-8,11,13-14,17H,9-10H2,1-5H3. The van der Waals surface area contributed by atoms with Gasteiger partial charge in [0, 0.05) is 24.4 Å². The summed E-state index contributed by atoms with van der Waals surface area (Å²) in [7, 11) is 2.04. The van der Waals surface area contributed by atoms with E-state index in [4.69, 9.17) is 4.74 Å². The van der Waals surface area contributed by atoms with Crippen LogP contribution in [0, 0.1) is 5.92 Å². The highest BCUT2D eigenvalue weighted by molar-refractivity contribution is 5.12. The Bertz CT molecular complexity index is 414. The third-order valence-electron chi connectivity index (χ3n) is 4.18. The van der Waals surface area contributed by atoms with E-state index in [0.717, 1.165) is 12.8 Å². The Morgan fingerprint density at radius 3 is 2.63 bits per heavy atom. The van der Waals surface area contributed by atoms with Crippen LogP contribution in [0.5, 0.6) is 0 Å². The summed E-state index contributed by atoms with van der Waals surface area (Å²) >= 11 is 0. The zero-order valence-electron chi connectivity index (χ0n) is 12.7. The molecular formula is C16H26N2O. The Balaban J connectivity index is 2.14. The number of nitrogens with zero attached hydrogens (tertiary/aromatic N) is 1. The van der Waals surface area contributed by atoms with Crippen LogP contribution in [-0.2, 0) is 11.2 Å². The molecule has 0 radical (unpaired) electrons. The summed E-state index contributed by atoms with van der Waals surface area (Å²) < 4.78 is 6.21. The Labute approximate surface area is 116 Å². The molecule has 2 atom stereocenters. The summed E-state index contributed by atoms with van der Waals surface area (Å²) in [5, 5.41) is 3.48. The number of hydrogen-bond donors (Lipinski definition) is 1. The lowest BCUT2D eigenvalue weighted by Crippen LogP contribution is -2.44. The first-order chi connectivity index (χ1) is 8.84. The van der Waals surface area contributed by atoms with E-state index in [9.17, 15) is 0 Å². The second kappa shape index (κ2) is 5.22. The summed E-state index contributed by atoms with van der Waals surface area (Å²) in [6.07, 6.45) is 5.87. The number of hydrogen-bond acceptors (Lipinski definition) is 3. The number of nitrogens with one attached hydrogen (secondary N) is 1. The van der Waals surface area contributed by atoms with Crippen LogP contribution in [0.1, 0.15) is 39.7 Å². The SMILES string of the molecule is CNC(Cc1cccnc1)C1CC(C)(C)OC1(C)C. The Morgan fingerprint density at radius 2 is 2.16 bits per heavy atom. The first-order valence-corrected chi connectivity index (χ1v) is 7.10. The maximum atomic E-state index is 6.21. The molecule has 1 N–H and O–H groups in total. The molecule has 2 unspecified atom stereocenters. The summed E-state index contributed by atoms with van der Waals surface area (Å²) in [5.74, 6) is 0.507. The van der Waals surface area contributed by atoms with E-state index < -0.39 is 0 Å². The van der Waals surface area contributed by atoms with Gasteiger partial charge in [0.15, 0.2) is 0 Å². The van der Waals surface area contributed by atoms with Gasteiger partial charge >= 0.3 is 0 Å². The van der Waals surface area contributed by atoms with Gasteiger partial charge in [-0.1, -0.05) is 6.07 Å². The van der Waals surface area contributed by atoms with E-state index in [0.29, 0.717) is 12.0 Å². The van der Waals surface area contributed by atoms with E-state index in [1.807, 2.05) is 25.5 Å². The minimum atomic E-state index is -0.0839. The molecule has 3 heteroatoms. The molecule has 0 bridgehead atoms. The second-order valence-electron chi connectivity index (χ2n) is 6.74. The van der Waals surface area contributed by atoms with E-state index in [1.54, 1.807) is 0 Å². The third kappa shape index (κ3) is 3.34. The van der Waals surface area contributed by atoms with Gasteiger partial charge in [-0.3, -0.25) is 4.98 Å².